The molecule has 0 saturated heterocycles. The van der Waals surface area contributed by atoms with Gasteiger partial charge in [-0.3, -0.25) is 19.1 Å². The molecule has 0 unspecified atom stereocenters. The molecule has 0 aliphatic carbocycles. The van der Waals surface area contributed by atoms with Crippen LogP contribution in [0.3, 0.4) is 0 Å². The third-order valence-corrected chi connectivity index (χ3v) is 6.08. The van der Waals surface area contributed by atoms with Crippen LogP contribution in [0, 0.1) is 0 Å². The molecule has 0 radical (unpaired) electrons. The molecular weight excluding hydrogens is 460 g/mol. The molecule has 0 aliphatic heterocycles. The molecule has 0 amide bonds. The molecule has 4 N–H and O–H groups in total. The van der Waals surface area contributed by atoms with Crippen LogP contribution in [-0.4, -0.2) is 61.7 Å². The van der Waals surface area contributed by atoms with Gasteiger partial charge in [0.15, 0.2) is 0 Å². The Morgan fingerprint density at radius 3 is 1.38 bits per heavy atom. The van der Waals surface area contributed by atoms with Gasteiger partial charge in [0.25, 0.3) is 20.2 Å². The van der Waals surface area contributed by atoms with Crippen molar-refractivity contribution >= 4 is 32.7 Å². The van der Waals surface area contributed by atoms with Gasteiger partial charge in [-0.25, -0.2) is 0 Å². The van der Waals surface area contributed by atoms with Crippen LogP contribution in [0.2, 0.25) is 0 Å². The van der Waals surface area contributed by atoms with Crippen LogP contribution < -0.4 is 0 Å². The molecule has 2 aromatic rings. The first-order valence-corrected chi connectivity index (χ1v) is 12.5. The molecule has 0 saturated carbocycles. The van der Waals surface area contributed by atoms with Gasteiger partial charge in [0, 0.05) is 36.6 Å². The number of phenols is 2. The van der Waals surface area contributed by atoms with E-state index in [0.717, 1.165) is 49.9 Å². The third kappa shape index (κ3) is 8.04. The summed E-state index contributed by atoms with van der Waals surface area (Å²) in [5.74, 6) is -0.292. The summed E-state index contributed by atoms with van der Waals surface area (Å²) in [5, 5.41) is 19.5. The van der Waals surface area contributed by atoms with Crippen LogP contribution >= 0.6 is 0 Å². The Labute approximate surface area is 186 Å². The first kappa shape index (κ1) is 25.5. The Bertz CT molecular complexity index is 1110. The summed E-state index contributed by atoms with van der Waals surface area (Å²) < 4.78 is 62.7. The zero-order chi connectivity index (χ0) is 23.8. The molecule has 2 aromatic carbocycles. The Kier molecular flexibility index (Phi) is 8.89. The molecule has 2 rings (SSSR count). The van der Waals surface area contributed by atoms with Crippen LogP contribution in [0.1, 0.15) is 36.8 Å². The van der Waals surface area contributed by atoms with Crippen LogP contribution in [0.25, 0.3) is 0 Å². The Morgan fingerprint density at radius 1 is 0.656 bits per heavy atom. The molecule has 12 heteroatoms. The Hall–Kier alpha value is -2.80. The average molecular weight is 485 g/mol. The SMILES string of the molecule is O=S(=O)(O)c1ccc(O)c(C=NCCCCCCN=Cc2cc(S(=O)(=O)O)ccc2O)c1. The predicted octanol–water partition coefficient (Wildman–Crippen LogP) is 2.69. The zero-order valence-corrected chi connectivity index (χ0v) is 18.6. The smallest absolute Gasteiger partial charge is 0.294 e. The van der Waals surface area contributed by atoms with Gasteiger partial charge in [0.2, 0.25) is 0 Å². The van der Waals surface area contributed by atoms with Gasteiger partial charge < -0.3 is 10.2 Å². The molecule has 0 atom stereocenters. The van der Waals surface area contributed by atoms with E-state index in [1.54, 1.807) is 0 Å². The Morgan fingerprint density at radius 2 is 1.03 bits per heavy atom. The lowest BCUT2D eigenvalue weighted by Gasteiger charge is -2.02. The van der Waals surface area contributed by atoms with Gasteiger partial charge in [-0.05, 0) is 49.2 Å². The van der Waals surface area contributed by atoms with Crippen molar-refractivity contribution in [1.82, 2.24) is 0 Å². The molecule has 32 heavy (non-hydrogen) atoms. The van der Waals surface area contributed by atoms with Gasteiger partial charge in [-0.1, -0.05) is 12.8 Å². The fourth-order valence-electron chi connectivity index (χ4n) is 2.68. The zero-order valence-electron chi connectivity index (χ0n) is 17.0. The molecule has 0 spiro atoms. The second kappa shape index (κ2) is 11.2. The summed E-state index contributed by atoms with van der Waals surface area (Å²) in [6, 6.07) is 6.80. The number of unbranched alkanes of at least 4 members (excludes halogenated alkanes) is 3. The standard InChI is InChI=1S/C20H24N2O8S2/c23-19-7-5-17(31(25,26)27)11-15(19)13-21-9-3-1-2-4-10-22-14-16-12-18(32(28,29)30)6-8-20(16)24/h5-8,11-14,23-24H,1-4,9-10H2,(H,25,26,27)(H,28,29,30). The van der Waals surface area contributed by atoms with Crippen LogP contribution in [0.4, 0.5) is 0 Å². The van der Waals surface area contributed by atoms with Crippen molar-refractivity contribution < 1.29 is 36.2 Å². The van der Waals surface area contributed by atoms with Crippen LogP contribution in [0.15, 0.2) is 56.2 Å². The van der Waals surface area contributed by atoms with E-state index < -0.39 is 20.2 Å². The molecular formula is C20H24N2O8S2. The van der Waals surface area contributed by atoms with Crippen molar-refractivity contribution in [3.05, 3.63) is 47.5 Å². The number of benzene rings is 2. The van der Waals surface area contributed by atoms with E-state index in [-0.39, 0.29) is 32.4 Å². The summed E-state index contributed by atoms with van der Waals surface area (Å²) in [6.07, 6.45) is 5.93. The third-order valence-electron chi connectivity index (χ3n) is 4.38. The minimum atomic E-state index is -4.36. The van der Waals surface area contributed by atoms with E-state index >= 15 is 0 Å². The van der Waals surface area contributed by atoms with Crippen molar-refractivity contribution in [3.8, 4) is 11.5 Å². The van der Waals surface area contributed by atoms with Crippen LogP contribution in [-0.2, 0) is 20.2 Å². The molecule has 0 heterocycles. The van der Waals surface area contributed by atoms with E-state index in [0.29, 0.717) is 13.1 Å². The maximum Gasteiger partial charge on any atom is 0.294 e. The van der Waals surface area contributed by atoms with E-state index in [2.05, 4.69) is 9.98 Å². The minimum absolute atomic E-state index is 0.146. The summed E-state index contributed by atoms with van der Waals surface area (Å²) in [5.41, 5.74) is 0.381. The van der Waals surface area contributed by atoms with E-state index in [9.17, 15) is 27.0 Å². The maximum absolute atomic E-state index is 11.1. The van der Waals surface area contributed by atoms with E-state index in [1.165, 1.54) is 24.6 Å². The number of aliphatic imine (C=N–C) groups is 2. The number of nitrogens with zero attached hydrogens (tertiary/aromatic N) is 2. The number of hydrogen-bond donors (Lipinski definition) is 4. The summed E-state index contributed by atoms with van der Waals surface area (Å²) >= 11 is 0. The summed E-state index contributed by atoms with van der Waals surface area (Å²) in [4.78, 5) is 7.65. The van der Waals surface area contributed by atoms with Gasteiger partial charge in [-0.2, -0.15) is 16.8 Å². The lowest BCUT2D eigenvalue weighted by molar-refractivity contribution is 0.470. The molecule has 174 valence electrons. The van der Waals surface area contributed by atoms with Crippen molar-refractivity contribution in [2.24, 2.45) is 9.98 Å². The normalized spacial score (nSPS) is 12.7. The van der Waals surface area contributed by atoms with Crippen molar-refractivity contribution in [2.75, 3.05) is 13.1 Å². The predicted molar refractivity (Wildman–Crippen MR) is 119 cm³/mol. The molecule has 10 nitrogen and oxygen atoms in total. The highest BCUT2D eigenvalue weighted by molar-refractivity contribution is 7.86. The minimum Gasteiger partial charge on any atom is -0.507 e. The fourth-order valence-corrected chi connectivity index (χ4v) is 3.71. The highest BCUT2D eigenvalue weighted by atomic mass is 32.2. The second-order valence-corrected chi connectivity index (χ2v) is 9.72. The number of hydrogen-bond acceptors (Lipinski definition) is 8. The monoisotopic (exact) mass is 484 g/mol. The lowest BCUT2D eigenvalue weighted by atomic mass is 10.2. The Balaban J connectivity index is 1.73. The van der Waals surface area contributed by atoms with Crippen molar-refractivity contribution in [3.63, 3.8) is 0 Å². The molecule has 0 bridgehead atoms. The van der Waals surface area contributed by atoms with Crippen LogP contribution in [0.5, 0.6) is 11.5 Å². The molecule has 0 fully saturated rings. The first-order valence-electron chi connectivity index (χ1n) is 9.59. The van der Waals surface area contributed by atoms with E-state index in [4.69, 9.17) is 9.11 Å². The molecule has 0 aliphatic rings. The fraction of sp³-hybridized carbons (Fsp3) is 0.300. The largest absolute Gasteiger partial charge is 0.507 e. The van der Waals surface area contributed by atoms with Gasteiger partial charge >= 0.3 is 0 Å². The molecule has 0 aromatic heterocycles. The average Bonchev–Trinajstić information content (AvgIpc) is 2.70. The quantitative estimate of drug-likeness (QED) is 0.214. The highest BCUT2D eigenvalue weighted by Gasteiger charge is 2.12. The number of phenolic OH excluding ortho intramolecular Hbond substituents is 2. The summed E-state index contributed by atoms with van der Waals surface area (Å²) in [7, 11) is -8.71. The van der Waals surface area contributed by atoms with Crippen molar-refractivity contribution in [2.45, 2.75) is 35.5 Å². The highest BCUT2D eigenvalue weighted by Crippen LogP contribution is 2.20. The van der Waals surface area contributed by atoms with Gasteiger partial charge in [0.05, 0.1) is 9.79 Å². The number of aromatic hydroxyl groups is 2. The van der Waals surface area contributed by atoms with Crippen molar-refractivity contribution in [1.29, 1.82) is 0 Å². The van der Waals surface area contributed by atoms with E-state index in [1.807, 2.05) is 0 Å². The topological polar surface area (TPSA) is 174 Å². The number of rotatable bonds is 11. The van der Waals surface area contributed by atoms with Gasteiger partial charge in [-0.15, -0.1) is 0 Å². The maximum atomic E-state index is 11.1. The lowest BCUT2D eigenvalue weighted by Crippen LogP contribution is -1.99. The van der Waals surface area contributed by atoms with Gasteiger partial charge in [0.1, 0.15) is 11.5 Å². The summed E-state index contributed by atoms with van der Waals surface area (Å²) in [6.45, 7) is 0.935. The second-order valence-electron chi connectivity index (χ2n) is 6.88. The first-order chi connectivity index (χ1) is 15.0.